The van der Waals surface area contributed by atoms with Gasteiger partial charge in [0.15, 0.2) is 18.9 Å². The molecule has 3 rings (SSSR count). The number of unbranched alkanes of at least 4 members (excludes halogenated alkanes) is 10. The third-order valence-electron chi connectivity index (χ3n) is 19.1. The first-order valence-electron chi connectivity index (χ1n) is 40.0. The first kappa shape index (κ1) is 99.8. The Kier molecular flexibility index (Phi) is 52.5. The summed E-state index contributed by atoms with van der Waals surface area (Å²) in [6, 6.07) is -2.19. The van der Waals surface area contributed by atoms with E-state index in [1.54, 1.807) is 6.92 Å². The van der Waals surface area contributed by atoms with Gasteiger partial charge in [-0.2, -0.15) is 0 Å². The molecule has 0 spiro atoms. The van der Waals surface area contributed by atoms with Crippen LogP contribution in [0.3, 0.4) is 0 Å². The van der Waals surface area contributed by atoms with Crippen LogP contribution in [0.25, 0.3) is 0 Å². The van der Waals surface area contributed by atoms with Crippen LogP contribution < -0.4 is 31.9 Å². The normalized spacial score (nSPS) is 24.4. The second-order valence-electron chi connectivity index (χ2n) is 29.3. The average Bonchev–Trinajstić information content (AvgIpc) is 0.819. The van der Waals surface area contributed by atoms with Crippen LogP contribution in [0, 0.1) is 5.92 Å². The maximum absolute atomic E-state index is 13.9. The zero-order chi connectivity index (χ0) is 81.9. The fraction of sp³-hybridized carbons (Fsp3) is 0.868. The number of amides is 6. The first-order chi connectivity index (χ1) is 53.1. The maximum atomic E-state index is 13.9. The summed E-state index contributed by atoms with van der Waals surface area (Å²) in [4.78, 5) is 128. The minimum atomic E-state index is -1.57. The van der Waals surface area contributed by atoms with Crippen molar-refractivity contribution in [1.29, 1.82) is 0 Å². The highest BCUT2D eigenvalue weighted by molar-refractivity contribution is 5.81. The van der Waals surface area contributed by atoms with E-state index in [2.05, 4.69) is 31.9 Å². The van der Waals surface area contributed by atoms with Gasteiger partial charge < -0.3 is 125 Å². The molecular formula is C76H134N6O29. The Morgan fingerprint density at radius 2 is 0.748 bits per heavy atom. The van der Waals surface area contributed by atoms with Crippen LogP contribution in [-0.2, 0) is 95.3 Å². The van der Waals surface area contributed by atoms with E-state index in [4.69, 9.17) is 47.4 Å². The number of Topliss-reactive ketones (excluding diaryl/α,β-unsaturated/α-hetero) is 3. The second kappa shape index (κ2) is 58.4. The van der Waals surface area contributed by atoms with Crippen molar-refractivity contribution in [3.05, 3.63) is 0 Å². The van der Waals surface area contributed by atoms with E-state index >= 15 is 0 Å². The van der Waals surface area contributed by atoms with Crippen molar-refractivity contribution < 1.29 is 141 Å². The van der Waals surface area contributed by atoms with Gasteiger partial charge in [-0.05, 0) is 104 Å². The monoisotopic (exact) mass is 1590 g/mol. The molecule has 3 saturated heterocycles. The summed E-state index contributed by atoms with van der Waals surface area (Å²) in [6.45, 7) is 7.05. The van der Waals surface area contributed by atoms with Gasteiger partial charge in [-0.1, -0.05) is 32.6 Å². The number of aliphatic hydroxyl groups is 9. The highest BCUT2D eigenvalue weighted by Crippen LogP contribution is 2.28. The summed E-state index contributed by atoms with van der Waals surface area (Å²) >= 11 is 0. The fourth-order valence-corrected chi connectivity index (χ4v) is 12.5. The standard InChI is InChI=1S/C76H134N6O29/c1-50(2)104-38-18-7-6-17-35-77-61(92)30-22-31-63(94)82-76(47-102-42-33-56(90)26-11-8-10-24-54(88)27-14-19-39-105-73-51(3)67(96)68(97)57(44-83)109-73,49-108-64(95)32-13-9-12-25-55(89)28-15-20-40-106-74-65(80-52(4)86)71(100)69(98)58(45-84)110-74)48-103-43-34-62(93)79-37-23-36-78-60(91)29-16-21-41-107-75-66(81-53(5)87)72(101)70(99)59(46-85)111-75/h50-51,57-59,65-75,83-85,96-101H,6-49H2,1-5H3,(H,77,92)(H,78,91)(H,79,93)(H,80,86)(H,81,87)(H,82,94)/t51?,57?,58?,59?,65?,66?,67-,68+,69+,70+,71-,72-,73-,74-,75-,76?/m1/s1. The minimum absolute atomic E-state index is 0.00944. The summed E-state index contributed by atoms with van der Waals surface area (Å²) in [5.74, 6) is -3.61. The smallest absolute Gasteiger partial charge is 0.305 e. The number of aliphatic hydroxyl groups excluding tert-OH is 9. The maximum Gasteiger partial charge on any atom is 0.305 e. The van der Waals surface area contributed by atoms with Crippen molar-refractivity contribution in [3.63, 3.8) is 0 Å². The Hall–Kier alpha value is -5.42. The second-order valence-corrected chi connectivity index (χ2v) is 29.3. The lowest BCUT2D eigenvalue weighted by molar-refractivity contribution is -0.282. The number of hydrogen-bond acceptors (Lipinski definition) is 29. The molecule has 3 aliphatic heterocycles. The van der Waals surface area contributed by atoms with E-state index in [1.807, 2.05) is 13.8 Å². The van der Waals surface area contributed by atoms with Gasteiger partial charge in [0.2, 0.25) is 35.4 Å². The number of esters is 1. The lowest BCUT2D eigenvalue weighted by Crippen LogP contribution is -2.64. The SMILES string of the molecule is CC(=O)NC1[C@H](OCCCCC(=O)CCCCCC(=O)OCC(COCCC(=O)CCCCCC(=O)CCCCO[C@@H]2OC(CO)[C@H](O)[C@H](O)C2C)(COCCC(=O)NCCCNC(=O)CCCCO[C@@H]2OC(CO)[C@H](O)[C@H](O)C2NC(C)=O)NC(=O)CCCC(=O)NCCCCCCOC(C)C)OC(CO)[C@H](O)[C@@H]1O. The Labute approximate surface area is 652 Å². The molecule has 3 aliphatic rings. The summed E-state index contributed by atoms with van der Waals surface area (Å²) in [5, 5.41) is 107. The quantitative estimate of drug-likeness (QED) is 0.0286. The molecule has 35 nitrogen and oxygen atoms in total. The van der Waals surface area contributed by atoms with Crippen LogP contribution in [0.5, 0.6) is 0 Å². The van der Waals surface area contributed by atoms with E-state index in [-0.39, 0.29) is 159 Å². The molecule has 0 bridgehead atoms. The van der Waals surface area contributed by atoms with Gasteiger partial charge in [-0.25, -0.2) is 0 Å². The molecule has 3 heterocycles. The van der Waals surface area contributed by atoms with Gasteiger partial charge in [0.05, 0.1) is 58.5 Å². The third-order valence-corrected chi connectivity index (χ3v) is 19.1. The molecule has 35 heteroatoms. The van der Waals surface area contributed by atoms with Gasteiger partial charge in [0.25, 0.3) is 0 Å². The topological polar surface area (TPSA) is 517 Å². The van der Waals surface area contributed by atoms with Crippen molar-refractivity contribution in [2.45, 2.75) is 318 Å². The number of carbonyl (C=O) groups excluding carboxylic acids is 10. The Morgan fingerprint density at radius 3 is 1.23 bits per heavy atom. The molecular weight excluding hydrogens is 1460 g/mol. The molecule has 7 unspecified atom stereocenters. The first-order valence-corrected chi connectivity index (χ1v) is 40.0. The predicted molar refractivity (Wildman–Crippen MR) is 398 cm³/mol. The van der Waals surface area contributed by atoms with Crippen molar-refractivity contribution >= 4 is 58.8 Å². The molecule has 0 radical (unpaired) electrons. The molecule has 3 fully saturated rings. The van der Waals surface area contributed by atoms with Crippen LogP contribution in [0.4, 0.5) is 0 Å². The largest absolute Gasteiger partial charge is 0.463 e. The number of nitrogens with one attached hydrogen (secondary N) is 6. The van der Waals surface area contributed by atoms with Crippen LogP contribution in [0.15, 0.2) is 0 Å². The number of rotatable bonds is 64. The van der Waals surface area contributed by atoms with E-state index in [1.165, 1.54) is 13.8 Å². The van der Waals surface area contributed by atoms with Crippen LogP contribution in [-0.4, -0.2) is 301 Å². The van der Waals surface area contributed by atoms with Gasteiger partial charge in [0, 0.05) is 136 Å². The lowest BCUT2D eigenvalue weighted by Gasteiger charge is -2.42. The van der Waals surface area contributed by atoms with Crippen molar-refractivity contribution in [1.82, 2.24) is 31.9 Å². The molecule has 16 atom stereocenters. The Morgan fingerprint density at radius 1 is 0.378 bits per heavy atom. The highest BCUT2D eigenvalue weighted by atomic mass is 16.7. The highest BCUT2D eigenvalue weighted by Gasteiger charge is 2.47. The summed E-state index contributed by atoms with van der Waals surface area (Å²) in [7, 11) is 0. The minimum Gasteiger partial charge on any atom is -0.463 e. The number of ether oxygens (including phenoxy) is 10. The average molecular weight is 1600 g/mol. The third kappa shape index (κ3) is 42.7. The van der Waals surface area contributed by atoms with Crippen LogP contribution in [0.1, 0.15) is 221 Å². The number of hydrogen-bond donors (Lipinski definition) is 15. The lowest BCUT2D eigenvalue weighted by atomic mass is 9.92. The van der Waals surface area contributed by atoms with Crippen molar-refractivity contribution in [2.24, 2.45) is 5.92 Å². The molecule has 0 saturated carbocycles. The summed E-state index contributed by atoms with van der Waals surface area (Å²) in [6.07, 6.45) is -3.29. The zero-order valence-electron chi connectivity index (χ0n) is 66.0. The van der Waals surface area contributed by atoms with Crippen molar-refractivity contribution in [2.75, 3.05) is 98.9 Å². The molecule has 642 valence electrons. The number of carbonyl (C=O) groups is 10. The van der Waals surface area contributed by atoms with Gasteiger partial charge >= 0.3 is 5.97 Å². The van der Waals surface area contributed by atoms with Gasteiger partial charge in [-0.3, -0.25) is 47.9 Å². The fourth-order valence-electron chi connectivity index (χ4n) is 12.5. The van der Waals surface area contributed by atoms with E-state index < -0.39 is 153 Å². The molecule has 0 aromatic carbocycles. The van der Waals surface area contributed by atoms with E-state index in [0.29, 0.717) is 109 Å². The summed E-state index contributed by atoms with van der Waals surface area (Å²) < 4.78 is 57.5. The van der Waals surface area contributed by atoms with Gasteiger partial charge in [0.1, 0.15) is 90.4 Å². The predicted octanol–water partition coefficient (Wildman–Crippen LogP) is 0.224. The van der Waals surface area contributed by atoms with E-state index in [9.17, 15) is 93.9 Å². The van der Waals surface area contributed by atoms with Gasteiger partial charge in [-0.15, -0.1) is 0 Å². The molecule has 0 aromatic heterocycles. The molecule has 6 amide bonds. The Bertz CT molecular complexity index is 2670. The molecule has 15 N–H and O–H groups in total. The van der Waals surface area contributed by atoms with Crippen LogP contribution >= 0.6 is 0 Å². The van der Waals surface area contributed by atoms with Crippen LogP contribution in [0.2, 0.25) is 0 Å². The zero-order valence-corrected chi connectivity index (χ0v) is 66.0. The molecule has 0 aromatic rings. The summed E-state index contributed by atoms with van der Waals surface area (Å²) in [5.41, 5.74) is -1.57. The van der Waals surface area contributed by atoms with E-state index in [0.717, 1.165) is 25.7 Å². The van der Waals surface area contributed by atoms with Crippen molar-refractivity contribution in [3.8, 4) is 0 Å². The molecule has 0 aliphatic carbocycles. The molecule has 111 heavy (non-hydrogen) atoms. The number of ketones is 3. The Balaban J connectivity index is 1.58.